The Morgan fingerprint density at radius 3 is 2.77 bits per heavy atom. The number of thiazole rings is 1. The second kappa shape index (κ2) is 11.4. The summed E-state index contributed by atoms with van der Waals surface area (Å²) in [5, 5.41) is 7.78. The molecule has 0 bridgehead atoms. The summed E-state index contributed by atoms with van der Waals surface area (Å²) in [6, 6.07) is 7.64. The van der Waals surface area contributed by atoms with Gasteiger partial charge in [-0.05, 0) is 25.0 Å². The third-order valence-corrected chi connectivity index (χ3v) is 4.93. The minimum absolute atomic E-state index is 0.635. The van der Waals surface area contributed by atoms with Crippen molar-refractivity contribution < 1.29 is 9.47 Å². The van der Waals surface area contributed by atoms with E-state index in [0.717, 1.165) is 54.8 Å². The first-order valence-corrected chi connectivity index (χ1v) is 9.71. The number of hydrogen-bond acceptors (Lipinski definition) is 5. The monoisotopic (exact) mass is 376 g/mol. The van der Waals surface area contributed by atoms with Crippen LogP contribution in [-0.2, 0) is 12.8 Å². The van der Waals surface area contributed by atoms with Crippen molar-refractivity contribution in [3.8, 4) is 11.5 Å². The lowest BCUT2D eigenvalue weighted by Crippen LogP contribution is -2.39. The molecule has 26 heavy (non-hydrogen) atoms. The lowest BCUT2D eigenvalue weighted by molar-refractivity contribution is 0.308. The van der Waals surface area contributed by atoms with Crippen LogP contribution in [0.4, 0.5) is 0 Å². The number of aryl methyl sites for hydroxylation is 1. The lowest BCUT2D eigenvalue weighted by Gasteiger charge is -2.12. The number of benzene rings is 1. The van der Waals surface area contributed by atoms with Crippen molar-refractivity contribution in [3.05, 3.63) is 40.3 Å². The number of ether oxygens (including phenoxy) is 2. The van der Waals surface area contributed by atoms with Crippen molar-refractivity contribution in [2.45, 2.75) is 26.2 Å². The summed E-state index contributed by atoms with van der Waals surface area (Å²) < 4.78 is 10.9. The molecule has 2 N–H and O–H groups in total. The van der Waals surface area contributed by atoms with Crippen LogP contribution in [0.5, 0.6) is 11.5 Å². The maximum atomic E-state index is 5.73. The minimum atomic E-state index is 0.635. The molecule has 142 valence electrons. The van der Waals surface area contributed by atoms with E-state index < -0.39 is 0 Å². The quantitative estimate of drug-likeness (QED) is 0.379. The van der Waals surface area contributed by atoms with Crippen molar-refractivity contribution in [2.24, 2.45) is 4.99 Å². The Balaban J connectivity index is 1.59. The highest BCUT2D eigenvalue weighted by atomic mass is 32.1. The number of nitrogens with zero attached hydrogens (tertiary/aromatic N) is 2. The number of aliphatic imine (C=N–C) groups is 1. The van der Waals surface area contributed by atoms with E-state index in [1.807, 2.05) is 30.5 Å². The Bertz CT molecular complexity index is 688. The maximum Gasteiger partial charge on any atom is 0.190 e. The number of aromatic nitrogens is 1. The molecule has 0 aliphatic heterocycles. The molecule has 0 radical (unpaired) electrons. The number of hydrogen-bond donors (Lipinski definition) is 2. The summed E-state index contributed by atoms with van der Waals surface area (Å²) in [6.45, 7) is 4.40. The third-order valence-electron chi connectivity index (χ3n) is 3.73. The number of guanidine groups is 1. The molecule has 6 nitrogen and oxygen atoms in total. The van der Waals surface area contributed by atoms with E-state index in [4.69, 9.17) is 9.47 Å². The van der Waals surface area contributed by atoms with Crippen molar-refractivity contribution in [3.63, 3.8) is 0 Å². The molecule has 0 unspecified atom stereocenters. The van der Waals surface area contributed by atoms with Gasteiger partial charge in [0.2, 0.25) is 0 Å². The summed E-state index contributed by atoms with van der Waals surface area (Å²) in [5.41, 5.74) is 0. The van der Waals surface area contributed by atoms with Gasteiger partial charge in [0, 0.05) is 43.7 Å². The highest BCUT2D eigenvalue weighted by Crippen LogP contribution is 2.18. The average Bonchev–Trinajstić information content (AvgIpc) is 3.14. The standard InChI is InChI=1S/C19H28N4O2S/c1-4-17-14-23-18(26-17)9-11-22-19(20-2)21-10-6-12-25-16-8-5-7-15(13-16)24-3/h5,7-8,13-14H,4,6,9-12H2,1-3H3,(H2,20,21,22). The Labute approximate surface area is 159 Å². The topological polar surface area (TPSA) is 67.8 Å². The van der Waals surface area contributed by atoms with Gasteiger partial charge in [0.05, 0.1) is 18.7 Å². The number of methoxy groups -OCH3 is 1. The molecule has 2 aromatic rings. The van der Waals surface area contributed by atoms with Gasteiger partial charge in [-0.15, -0.1) is 11.3 Å². The summed E-state index contributed by atoms with van der Waals surface area (Å²) in [7, 11) is 3.43. The van der Waals surface area contributed by atoms with Crippen molar-refractivity contribution in [1.29, 1.82) is 0 Å². The highest BCUT2D eigenvalue weighted by Gasteiger charge is 2.02. The van der Waals surface area contributed by atoms with Crippen LogP contribution in [0, 0.1) is 0 Å². The van der Waals surface area contributed by atoms with Crippen molar-refractivity contribution >= 4 is 17.3 Å². The summed E-state index contributed by atoms with van der Waals surface area (Å²) in [4.78, 5) is 10.0. The van der Waals surface area contributed by atoms with E-state index in [1.165, 1.54) is 4.88 Å². The van der Waals surface area contributed by atoms with Crippen LogP contribution >= 0.6 is 11.3 Å². The molecule has 0 amide bonds. The van der Waals surface area contributed by atoms with Crippen LogP contribution in [0.2, 0.25) is 0 Å². The van der Waals surface area contributed by atoms with E-state index in [-0.39, 0.29) is 0 Å². The molecule has 7 heteroatoms. The van der Waals surface area contributed by atoms with Gasteiger partial charge in [-0.1, -0.05) is 13.0 Å². The summed E-state index contributed by atoms with van der Waals surface area (Å²) in [6.07, 6.45) is 4.80. The van der Waals surface area contributed by atoms with Gasteiger partial charge in [0.25, 0.3) is 0 Å². The average molecular weight is 377 g/mol. The van der Waals surface area contributed by atoms with Crippen LogP contribution in [0.1, 0.15) is 23.2 Å². The zero-order valence-corrected chi connectivity index (χ0v) is 16.6. The Hall–Kier alpha value is -2.28. The van der Waals surface area contributed by atoms with Crippen molar-refractivity contribution in [1.82, 2.24) is 15.6 Å². The first-order valence-electron chi connectivity index (χ1n) is 8.90. The van der Waals surface area contributed by atoms with Gasteiger partial charge < -0.3 is 20.1 Å². The molecular weight excluding hydrogens is 348 g/mol. The largest absolute Gasteiger partial charge is 0.497 e. The first-order chi connectivity index (χ1) is 12.7. The molecule has 1 heterocycles. The molecule has 0 atom stereocenters. The molecule has 0 aliphatic rings. The van der Waals surface area contributed by atoms with Gasteiger partial charge >= 0.3 is 0 Å². The zero-order chi connectivity index (χ0) is 18.6. The molecule has 1 aromatic heterocycles. The second-order valence-electron chi connectivity index (χ2n) is 5.63. The maximum absolute atomic E-state index is 5.73. The highest BCUT2D eigenvalue weighted by molar-refractivity contribution is 7.11. The fourth-order valence-electron chi connectivity index (χ4n) is 2.30. The third kappa shape index (κ3) is 6.92. The van der Waals surface area contributed by atoms with E-state index in [2.05, 4.69) is 27.5 Å². The van der Waals surface area contributed by atoms with E-state index in [0.29, 0.717) is 6.61 Å². The predicted octanol–water partition coefficient (Wildman–Crippen LogP) is 2.89. The van der Waals surface area contributed by atoms with Crippen molar-refractivity contribution in [2.75, 3.05) is 33.9 Å². The summed E-state index contributed by atoms with van der Waals surface area (Å²) >= 11 is 1.78. The van der Waals surface area contributed by atoms with Crippen LogP contribution in [0.15, 0.2) is 35.5 Å². The van der Waals surface area contributed by atoms with Crippen LogP contribution in [0.3, 0.4) is 0 Å². The predicted molar refractivity (Wildman–Crippen MR) is 108 cm³/mol. The fraction of sp³-hybridized carbons (Fsp3) is 0.474. The van der Waals surface area contributed by atoms with Gasteiger partial charge in [-0.2, -0.15) is 0 Å². The van der Waals surface area contributed by atoms with Crippen LogP contribution in [0.25, 0.3) is 0 Å². The SMILES string of the molecule is CCc1cnc(CCNC(=NC)NCCCOc2cccc(OC)c2)s1. The molecule has 0 aliphatic carbocycles. The number of rotatable bonds is 10. The minimum Gasteiger partial charge on any atom is -0.497 e. The van der Waals surface area contributed by atoms with E-state index in [9.17, 15) is 0 Å². The lowest BCUT2D eigenvalue weighted by atomic mass is 10.3. The zero-order valence-electron chi connectivity index (χ0n) is 15.7. The molecule has 0 saturated carbocycles. The molecule has 0 spiro atoms. The second-order valence-corrected chi connectivity index (χ2v) is 6.83. The Morgan fingerprint density at radius 1 is 1.23 bits per heavy atom. The fourth-order valence-corrected chi connectivity index (χ4v) is 3.16. The first kappa shape index (κ1) is 20.0. The van der Waals surface area contributed by atoms with Crippen LogP contribution in [-0.4, -0.2) is 44.8 Å². The number of nitrogens with one attached hydrogen (secondary N) is 2. The molecule has 0 saturated heterocycles. The smallest absolute Gasteiger partial charge is 0.190 e. The van der Waals surface area contributed by atoms with E-state index >= 15 is 0 Å². The molecular formula is C19H28N4O2S. The Morgan fingerprint density at radius 2 is 2.04 bits per heavy atom. The van der Waals surface area contributed by atoms with E-state index in [1.54, 1.807) is 25.5 Å². The molecule has 2 rings (SSSR count). The molecule has 0 fully saturated rings. The van der Waals surface area contributed by atoms with Gasteiger partial charge in [-0.25, -0.2) is 4.98 Å². The Kier molecular flexibility index (Phi) is 8.75. The summed E-state index contributed by atoms with van der Waals surface area (Å²) in [5.74, 6) is 2.43. The normalized spacial score (nSPS) is 11.3. The van der Waals surface area contributed by atoms with Crippen LogP contribution < -0.4 is 20.1 Å². The van der Waals surface area contributed by atoms with Gasteiger partial charge in [-0.3, -0.25) is 4.99 Å². The molecule has 1 aromatic carbocycles. The van der Waals surface area contributed by atoms with Gasteiger partial charge in [0.15, 0.2) is 5.96 Å². The van der Waals surface area contributed by atoms with Gasteiger partial charge in [0.1, 0.15) is 11.5 Å².